The largest absolute Gasteiger partial charge is 0.474 e. The summed E-state index contributed by atoms with van der Waals surface area (Å²) in [4.78, 5) is 4.29. The molecule has 0 radical (unpaired) electrons. The first kappa shape index (κ1) is 9.93. The molecule has 0 unspecified atom stereocenters. The number of hydrogen-bond donors (Lipinski definition) is 1. The lowest BCUT2D eigenvalue weighted by molar-refractivity contribution is 0.142. The van der Waals surface area contributed by atoms with Gasteiger partial charge in [-0.3, -0.25) is 0 Å². The zero-order valence-corrected chi connectivity index (χ0v) is 9.22. The summed E-state index contributed by atoms with van der Waals surface area (Å²) in [7, 11) is 0. The van der Waals surface area contributed by atoms with Gasteiger partial charge < -0.3 is 10.5 Å². The average Bonchev–Trinajstić information content (AvgIpc) is 2.56. The molecule has 4 heteroatoms. The first-order valence-electron chi connectivity index (χ1n) is 5.08. The van der Waals surface area contributed by atoms with Gasteiger partial charge in [0.05, 0.1) is 10.4 Å². The van der Waals surface area contributed by atoms with Gasteiger partial charge in [-0.15, -0.1) is 11.3 Å². The van der Waals surface area contributed by atoms with Gasteiger partial charge in [-0.1, -0.05) is 0 Å². The Hall–Kier alpha value is -0.610. The molecule has 3 nitrogen and oxygen atoms in total. The van der Waals surface area contributed by atoms with Crippen LogP contribution in [0.1, 0.15) is 30.7 Å². The molecule has 0 aromatic carbocycles. The van der Waals surface area contributed by atoms with Crippen molar-refractivity contribution in [3.63, 3.8) is 0 Å². The van der Waals surface area contributed by atoms with Gasteiger partial charge in [0, 0.05) is 6.04 Å². The molecule has 0 amide bonds. The minimum atomic E-state index is 0.330. The summed E-state index contributed by atoms with van der Waals surface area (Å²) in [5.41, 5.74) is 5.83. The molecular weight excluding hydrogens is 196 g/mol. The molecule has 1 aromatic rings. The maximum absolute atomic E-state index is 5.83. The number of nitrogens with zero attached hydrogens (tertiary/aromatic N) is 1. The molecule has 1 aliphatic rings. The predicted octanol–water partition coefficient (Wildman–Crippen LogP) is 2.10. The molecule has 0 bridgehead atoms. The Labute approximate surface area is 88.3 Å². The lowest BCUT2D eigenvalue weighted by Gasteiger charge is -2.25. The van der Waals surface area contributed by atoms with Gasteiger partial charge in [-0.2, -0.15) is 0 Å². The van der Waals surface area contributed by atoms with E-state index in [1.165, 1.54) is 0 Å². The van der Waals surface area contributed by atoms with Crippen molar-refractivity contribution < 1.29 is 4.74 Å². The van der Waals surface area contributed by atoms with E-state index in [-0.39, 0.29) is 0 Å². The predicted molar refractivity (Wildman–Crippen MR) is 57.7 cm³/mol. The molecule has 2 N–H and O–H groups in total. The third kappa shape index (κ3) is 2.45. The van der Waals surface area contributed by atoms with Gasteiger partial charge >= 0.3 is 0 Å². The van der Waals surface area contributed by atoms with Crippen LogP contribution in [0.25, 0.3) is 0 Å². The Morgan fingerprint density at radius 3 is 2.71 bits per heavy atom. The Kier molecular flexibility index (Phi) is 3.03. The first-order valence-corrected chi connectivity index (χ1v) is 5.96. The molecule has 1 aliphatic carbocycles. The minimum Gasteiger partial charge on any atom is -0.474 e. The van der Waals surface area contributed by atoms with Crippen LogP contribution < -0.4 is 10.5 Å². The smallest absolute Gasteiger partial charge is 0.224 e. The van der Waals surface area contributed by atoms with Crippen LogP contribution in [0, 0.1) is 6.92 Å². The number of thiazole rings is 1. The van der Waals surface area contributed by atoms with Crippen molar-refractivity contribution in [1.82, 2.24) is 4.98 Å². The van der Waals surface area contributed by atoms with E-state index in [1.807, 2.05) is 12.3 Å². The lowest BCUT2D eigenvalue weighted by Crippen LogP contribution is -2.31. The zero-order chi connectivity index (χ0) is 9.97. The Bertz CT molecular complexity index is 292. The van der Waals surface area contributed by atoms with Crippen molar-refractivity contribution in [1.29, 1.82) is 0 Å². The molecule has 0 spiro atoms. The third-order valence-electron chi connectivity index (χ3n) is 2.60. The van der Waals surface area contributed by atoms with Gasteiger partial charge in [0.2, 0.25) is 5.88 Å². The molecule has 2 rings (SSSR count). The van der Waals surface area contributed by atoms with Crippen molar-refractivity contribution in [2.75, 3.05) is 0 Å². The van der Waals surface area contributed by atoms with Crippen molar-refractivity contribution in [3.8, 4) is 5.88 Å². The SMILES string of the molecule is Cc1nc(OC2CCC(N)CC2)cs1. The highest BCUT2D eigenvalue weighted by Crippen LogP contribution is 2.23. The van der Waals surface area contributed by atoms with Crippen molar-refractivity contribution >= 4 is 11.3 Å². The summed E-state index contributed by atoms with van der Waals surface area (Å²) >= 11 is 1.63. The van der Waals surface area contributed by atoms with Crippen LogP contribution >= 0.6 is 11.3 Å². The van der Waals surface area contributed by atoms with E-state index in [9.17, 15) is 0 Å². The van der Waals surface area contributed by atoms with Gasteiger partial charge in [0.15, 0.2) is 0 Å². The maximum Gasteiger partial charge on any atom is 0.224 e. The van der Waals surface area contributed by atoms with Crippen molar-refractivity contribution in [2.45, 2.75) is 44.8 Å². The summed E-state index contributed by atoms with van der Waals surface area (Å²) in [5, 5.41) is 3.04. The monoisotopic (exact) mass is 212 g/mol. The first-order chi connectivity index (χ1) is 6.74. The number of aromatic nitrogens is 1. The highest BCUT2D eigenvalue weighted by atomic mass is 32.1. The number of rotatable bonds is 2. The summed E-state index contributed by atoms with van der Waals surface area (Å²) in [5.74, 6) is 0.785. The fourth-order valence-corrected chi connectivity index (χ4v) is 2.30. The summed E-state index contributed by atoms with van der Waals surface area (Å²) in [6, 6.07) is 0.382. The Morgan fingerprint density at radius 1 is 1.43 bits per heavy atom. The zero-order valence-electron chi connectivity index (χ0n) is 8.40. The molecule has 0 aliphatic heterocycles. The van der Waals surface area contributed by atoms with E-state index in [1.54, 1.807) is 11.3 Å². The molecule has 1 saturated carbocycles. The topological polar surface area (TPSA) is 48.1 Å². The van der Waals surface area contributed by atoms with Crippen LogP contribution in [-0.2, 0) is 0 Å². The second-order valence-electron chi connectivity index (χ2n) is 3.86. The van der Waals surface area contributed by atoms with Crippen LogP contribution in [-0.4, -0.2) is 17.1 Å². The van der Waals surface area contributed by atoms with E-state index >= 15 is 0 Å². The highest BCUT2D eigenvalue weighted by Gasteiger charge is 2.20. The lowest BCUT2D eigenvalue weighted by atomic mass is 9.94. The van der Waals surface area contributed by atoms with Gasteiger partial charge in [-0.05, 0) is 32.6 Å². The Balaban J connectivity index is 1.86. The molecule has 1 heterocycles. The van der Waals surface area contributed by atoms with E-state index in [0.29, 0.717) is 12.1 Å². The minimum absolute atomic E-state index is 0.330. The second kappa shape index (κ2) is 4.28. The molecule has 0 atom stereocenters. The van der Waals surface area contributed by atoms with E-state index in [0.717, 1.165) is 36.6 Å². The average molecular weight is 212 g/mol. The molecule has 0 saturated heterocycles. The van der Waals surface area contributed by atoms with Crippen molar-refractivity contribution in [3.05, 3.63) is 10.4 Å². The number of hydrogen-bond acceptors (Lipinski definition) is 4. The van der Waals surface area contributed by atoms with E-state index in [2.05, 4.69) is 4.98 Å². The van der Waals surface area contributed by atoms with Crippen molar-refractivity contribution in [2.24, 2.45) is 5.73 Å². The molecular formula is C10H16N2OS. The Morgan fingerprint density at radius 2 is 2.14 bits per heavy atom. The quantitative estimate of drug-likeness (QED) is 0.816. The number of nitrogens with two attached hydrogens (primary N) is 1. The summed E-state index contributed by atoms with van der Waals surface area (Å²) in [6.45, 7) is 1.99. The fraction of sp³-hybridized carbons (Fsp3) is 0.700. The molecule has 1 fully saturated rings. The molecule has 78 valence electrons. The third-order valence-corrected chi connectivity index (χ3v) is 3.36. The standard InChI is InChI=1S/C10H16N2OS/c1-7-12-10(6-14-7)13-9-4-2-8(11)3-5-9/h6,8-9H,2-5,11H2,1H3. The van der Waals surface area contributed by atoms with Gasteiger partial charge in [-0.25, -0.2) is 4.98 Å². The summed E-state index contributed by atoms with van der Waals surface area (Å²) < 4.78 is 5.77. The normalized spacial score (nSPS) is 27.6. The molecule has 1 aromatic heterocycles. The van der Waals surface area contributed by atoms with Crippen LogP contribution in [0.5, 0.6) is 5.88 Å². The van der Waals surface area contributed by atoms with E-state index < -0.39 is 0 Å². The van der Waals surface area contributed by atoms with Crippen LogP contribution in [0.2, 0.25) is 0 Å². The van der Waals surface area contributed by atoms with Crippen LogP contribution in [0.3, 0.4) is 0 Å². The summed E-state index contributed by atoms with van der Waals surface area (Å²) in [6.07, 6.45) is 4.62. The molecule has 14 heavy (non-hydrogen) atoms. The van der Waals surface area contributed by atoms with Crippen LogP contribution in [0.4, 0.5) is 0 Å². The van der Waals surface area contributed by atoms with Gasteiger partial charge in [0.25, 0.3) is 0 Å². The van der Waals surface area contributed by atoms with Gasteiger partial charge in [0.1, 0.15) is 6.10 Å². The number of ether oxygens (including phenoxy) is 1. The number of aryl methyl sites for hydroxylation is 1. The van der Waals surface area contributed by atoms with E-state index in [4.69, 9.17) is 10.5 Å². The fourth-order valence-electron chi connectivity index (χ4n) is 1.77. The second-order valence-corrected chi connectivity index (χ2v) is 4.92. The maximum atomic E-state index is 5.83. The highest BCUT2D eigenvalue weighted by molar-refractivity contribution is 7.09. The van der Waals surface area contributed by atoms with Crippen LogP contribution in [0.15, 0.2) is 5.38 Å².